The molecule has 0 aliphatic carbocycles. The molecule has 116 valence electrons. The molecule has 3 rings (SSSR count). The van der Waals surface area contributed by atoms with Crippen molar-refractivity contribution in [2.24, 2.45) is 0 Å². The monoisotopic (exact) mass is 342 g/mol. The molecule has 23 heavy (non-hydrogen) atoms. The predicted octanol–water partition coefficient (Wildman–Crippen LogP) is 4.84. The van der Waals surface area contributed by atoms with Gasteiger partial charge in [0.15, 0.2) is 0 Å². The molecule has 3 aromatic rings. The first kappa shape index (κ1) is 15.7. The maximum atomic E-state index is 12.9. The number of rotatable bonds is 3. The molecule has 0 atom stereocenters. The summed E-state index contributed by atoms with van der Waals surface area (Å²) in [6.45, 7) is 1.83. The van der Waals surface area contributed by atoms with Gasteiger partial charge in [-0.1, -0.05) is 54.2 Å². The summed E-state index contributed by atoms with van der Waals surface area (Å²) >= 11 is 11.4. The van der Waals surface area contributed by atoms with Gasteiger partial charge in [0.05, 0.1) is 10.7 Å². The van der Waals surface area contributed by atoms with Gasteiger partial charge in [0, 0.05) is 28.5 Å². The van der Waals surface area contributed by atoms with Crippen LogP contribution in [-0.2, 0) is 0 Å². The number of anilines is 1. The first-order valence-corrected chi connectivity index (χ1v) is 7.93. The highest BCUT2D eigenvalue weighted by Crippen LogP contribution is 2.33. The molecular formula is C18H15ClN2OS. The number of benzene rings is 2. The van der Waals surface area contributed by atoms with Crippen molar-refractivity contribution in [3.63, 3.8) is 0 Å². The summed E-state index contributed by atoms with van der Waals surface area (Å²) in [5, 5.41) is 1.53. The van der Waals surface area contributed by atoms with E-state index < -0.39 is 0 Å². The number of H-pyrrole nitrogens is 1. The van der Waals surface area contributed by atoms with E-state index in [4.69, 9.17) is 23.8 Å². The molecule has 0 fully saturated rings. The normalized spacial score (nSPS) is 10.7. The number of hydrogen-bond donors (Lipinski definition) is 1. The van der Waals surface area contributed by atoms with E-state index in [2.05, 4.69) is 4.98 Å². The van der Waals surface area contributed by atoms with Crippen molar-refractivity contribution in [2.75, 3.05) is 11.9 Å². The third-order valence-electron chi connectivity index (χ3n) is 3.80. The quantitative estimate of drug-likeness (QED) is 0.546. The number of nitrogens with one attached hydrogen (secondary N) is 1. The average molecular weight is 343 g/mol. The Morgan fingerprint density at radius 3 is 2.52 bits per heavy atom. The summed E-state index contributed by atoms with van der Waals surface area (Å²) in [5.41, 5.74) is 2.73. The number of ketones is 1. The maximum absolute atomic E-state index is 12.9. The smallest absolute Gasteiger partial charge is 0.211 e. The molecule has 0 saturated carbocycles. The Morgan fingerprint density at radius 2 is 1.87 bits per heavy atom. The molecule has 0 radical (unpaired) electrons. The van der Waals surface area contributed by atoms with E-state index in [0.29, 0.717) is 21.3 Å². The summed E-state index contributed by atoms with van der Waals surface area (Å²) in [5.74, 6) is -0.0731. The number of carbonyl (C=O) groups is 1. The minimum Gasteiger partial charge on any atom is -0.350 e. The van der Waals surface area contributed by atoms with Gasteiger partial charge in [-0.2, -0.15) is 0 Å². The number of nitrogens with zero attached hydrogens (tertiary/aromatic N) is 1. The standard InChI is InChI=1S/C18H15ClN2OS/c1-11(23)21(2)17-14-9-8-13(19)10-15(14)20-16(17)18(22)12-6-4-3-5-7-12/h3-10,20H,1-2H3. The average Bonchev–Trinajstić information content (AvgIpc) is 2.92. The van der Waals surface area contributed by atoms with Crippen molar-refractivity contribution in [3.05, 3.63) is 64.8 Å². The highest BCUT2D eigenvalue weighted by molar-refractivity contribution is 7.80. The van der Waals surface area contributed by atoms with Crippen LogP contribution in [0.2, 0.25) is 5.02 Å². The number of halogens is 1. The van der Waals surface area contributed by atoms with Crippen LogP contribution in [0.3, 0.4) is 0 Å². The molecule has 1 heterocycles. The number of fused-ring (bicyclic) bond motifs is 1. The SMILES string of the molecule is CC(=S)N(C)c1c(C(=O)c2ccccc2)[nH]c2cc(Cl)ccc12. The number of carbonyl (C=O) groups excluding carboxylic acids is 1. The van der Waals surface area contributed by atoms with Crippen molar-refractivity contribution in [2.45, 2.75) is 6.92 Å². The van der Waals surface area contributed by atoms with Crippen LogP contribution >= 0.6 is 23.8 Å². The Balaban J connectivity index is 2.25. The van der Waals surface area contributed by atoms with Gasteiger partial charge in [-0.25, -0.2) is 0 Å². The van der Waals surface area contributed by atoms with Gasteiger partial charge >= 0.3 is 0 Å². The van der Waals surface area contributed by atoms with E-state index >= 15 is 0 Å². The van der Waals surface area contributed by atoms with Crippen molar-refractivity contribution in [3.8, 4) is 0 Å². The summed E-state index contributed by atoms with van der Waals surface area (Å²) in [7, 11) is 1.86. The Hall–Kier alpha value is -2.17. The molecule has 1 aromatic heterocycles. The second-order valence-corrected chi connectivity index (χ2v) is 6.34. The van der Waals surface area contributed by atoms with Crippen LogP contribution in [0.5, 0.6) is 0 Å². The van der Waals surface area contributed by atoms with Gasteiger partial charge in [-0.05, 0) is 25.1 Å². The molecule has 1 N–H and O–H groups in total. The van der Waals surface area contributed by atoms with Crippen molar-refractivity contribution in [1.82, 2.24) is 4.98 Å². The third-order valence-corrected chi connectivity index (χ3v) is 4.31. The molecular weight excluding hydrogens is 328 g/mol. The summed E-state index contributed by atoms with van der Waals surface area (Å²) < 4.78 is 0. The Labute approximate surface area is 144 Å². The Morgan fingerprint density at radius 1 is 1.17 bits per heavy atom. The molecule has 3 nitrogen and oxygen atoms in total. The first-order valence-electron chi connectivity index (χ1n) is 7.14. The molecule has 0 bridgehead atoms. The number of thiocarbonyl (C=S) groups is 1. The maximum Gasteiger partial charge on any atom is 0.211 e. The van der Waals surface area contributed by atoms with Crippen LogP contribution in [0.15, 0.2) is 48.5 Å². The lowest BCUT2D eigenvalue weighted by Gasteiger charge is -2.18. The zero-order chi connectivity index (χ0) is 16.6. The summed E-state index contributed by atoms with van der Waals surface area (Å²) in [4.78, 5) is 18.6. The molecule has 5 heteroatoms. The van der Waals surface area contributed by atoms with E-state index in [1.807, 2.05) is 55.3 Å². The lowest BCUT2D eigenvalue weighted by atomic mass is 10.1. The number of hydrogen-bond acceptors (Lipinski definition) is 2. The second-order valence-electron chi connectivity index (χ2n) is 5.31. The predicted molar refractivity (Wildman–Crippen MR) is 99.9 cm³/mol. The summed E-state index contributed by atoms with van der Waals surface area (Å²) in [6, 6.07) is 14.7. The Kier molecular flexibility index (Phi) is 4.20. The topological polar surface area (TPSA) is 36.1 Å². The fraction of sp³-hybridized carbons (Fsp3) is 0.111. The molecule has 0 aliphatic rings. The van der Waals surface area contributed by atoms with Crippen molar-refractivity contribution < 1.29 is 4.79 Å². The van der Waals surface area contributed by atoms with Gasteiger partial charge in [-0.3, -0.25) is 4.79 Å². The van der Waals surface area contributed by atoms with Gasteiger partial charge in [0.25, 0.3) is 0 Å². The van der Waals surface area contributed by atoms with Gasteiger partial charge in [-0.15, -0.1) is 0 Å². The number of aromatic nitrogens is 1. The van der Waals surface area contributed by atoms with Crippen LogP contribution in [0, 0.1) is 0 Å². The molecule has 0 aliphatic heterocycles. The van der Waals surface area contributed by atoms with Crippen LogP contribution in [0.4, 0.5) is 5.69 Å². The Bertz CT molecular complexity index is 902. The summed E-state index contributed by atoms with van der Waals surface area (Å²) in [6.07, 6.45) is 0. The van der Waals surface area contributed by atoms with E-state index in [1.54, 1.807) is 12.1 Å². The zero-order valence-electron chi connectivity index (χ0n) is 12.8. The van der Waals surface area contributed by atoms with Crippen molar-refractivity contribution in [1.29, 1.82) is 0 Å². The highest BCUT2D eigenvalue weighted by atomic mass is 35.5. The zero-order valence-corrected chi connectivity index (χ0v) is 14.3. The van der Waals surface area contributed by atoms with Gasteiger partial charge in [0.2, 0.25) is 5.78 Å². The molecule has 0 amide bonds. The fourth-order valence-corrected chi connectivity index (χ4v) is 2.82. The lowest BCUT2D eigenvalue weighted by molar-refractivity contribution is 0.103. The van der Waals surface area contributed by atoms with E-state index in [1.165, 1.54) is 0 Å². The minimum atomic E-state index is -0.0731. The van der Waals surface area contributed by atoms with Crippen LogP contribution in [-0.4, -0.2) is 22.8 Å². The largest absolute Gasteiger partial charge is 0.350 e. The lowest BCUT2D eigenvalue weighted by Crippen LogP contribution is -2.23. The minimum absolute atomic E-state index is 0.0731. The van der Waals surface area contributed by atoms with E-state index in [-0.39, 0.29) is 5.78 Å². The number of aromatic amines is 1. The molecule has 0 saturated heterocycles. The van der Waals surface area contributed by atoms with Gasteiger partial charge < -0.3 is 9.88 Å². The van der Waals surface area contributed by atoms with Gasteiger partial charge in [0.1, 0.15) is 5.69 Å². The van der Waals surface area contributed by atoms with Crippen LogP contribution < -0.4 is 4.90 Å². The fourth-order valence-electron chi connectivity index (χ4n) is 2.56. The van der Waals surface area contributed by atoms with Crippen LogP contribution in [0.25, 0.3) is 10.9 Å². The highest BCUT2D eigenvalue weighted by Gasteiger charge is 2.22. The van der Waals surface area contributed by atoms with E-state index in [9.17, 15) is 4.79 Å². The molecule has 0 spiro atoms. The van der Waals surface area contributed by atoms with Crippen molar-refractivity contribution >= 4 is 51.2 Å². The molecule has 2 aromatic carbocycles. The first-order chi connectivity index (χ1) is 11.0. The second kappa shape index (κ2) is 6.14. The van der Waals surface area contributed by atoms with Crippen LogP contribution in [0.1, 0.15) is 23.0 Å². The third kappa shape index (κ3) is 2.87. The molecule has 0 unspecified atom stereocenters. The van der Waals surface area contributed by atoms with E-state index in [0.717, 1.165) is 16.6 Å².